The molecule has 0 N–H and O–H groups in total. The third-order valence-corrected chi connectivity index (χ3v) is 6.97. The second kappa shape index (κ2) is 6.63. The fraction of sp³-hybridized carbons (Fsp3) is 0.562. The molecule has 1 atom stereocenters. The lowest BCUT2D eigenvalue weighted by molar-refractivity contribution is 0.0946. The van der Waals surface area contributed by atoms with Crippen molar-refractivity contribution in [2.45, 2.75) is 26.0 Å². The number of carbonyl (C=O) groups excluding carboxylic acids is 1. The molecule has 0 spiro atoms. The Morgan fingerprint density at radius 2 is 1.75 bits per heavy atom. The minimum Gasteiger partial charge on any atom is -0.372 e. The molecule has 1 saturated heterocycles. The third-order valence-electron chi connectivity index (χ3n) is 3.47. The van der Waals surface area contributed by atoms with E-state index in [1.807, 2.05) is 24.3 Å². The number of benzene rings is 1. The molecule has 0 amide bonds. The van der Waals surface area contributed by atoms with Gasteiger partial charge in [-0.15, -0.1) is 0 Å². The van der Waals surface area contributed by atoms with Crippen LogP contribution in [0.4, 0.5) is 0 Å². The largest absolute Gasteiger partial charge is 0.372 e. The number of carbonyl (C=O) groups is 1. The summed E-state index contributed by atoms with van der Waals surface area (Å²) in [5.41, 5.74) is 0.817. The minimum absolute atomic E-state index is 0.00932. The van der Waals surface area contributed by atoms with Gasteiger partial charge in [0.15, 0.2) is 5.25 Å². The number of Topliss-reactive ketones (excluding diaryl/α,β-unsaturated/α-hetero) is 1. The van der Waals surface area contributed by atoms with Crippen molar-refractivity contribution in [1.29, 1.82) is 0 Å². The third kappa shape index (κ3) is 3.86. The summed E-state index contributed by atoms with van der Waals surface area (Å²) < 4.78 is 6.46. The second-order valence-electron chi connectivity index (χ2n) is 6.18. The molecule has 0 radical (unpaired) electrons. The van der Waals surface area contributed by atoms with Gasteiger partial charge in [0.2, 0.25) is 5.78 Å². The Bertz CT molecular complexity index is 458. The van der Waals surface area contributed by atoms with Gasteiger partial charge >= 0.3 is 0 Å². The molecule has 2 rings (SSSR count). The van der Waals surface area contributed by atoms with E-state index in [9.17, 15) is 4.79 Å². The van der Waals surface area contributed by atoms with Crippen LogP contribution in [0.25, 0.3) is 0 Å². The highest BCUT2D eigenvalue weighted by atomic mass is 79.9. The summed E-state index contributed by atoms with van der Waals surface area (Å²) in [6.45, 7) is 8.12. The zero-order valence-corrected chi connectivity index (χ0v) is 14.7. The predicted octanol–water partition coefficient (Wildman–Crippen LogP) is 3.70. The summed E-state index contributed by atoms with van der Waals surface area (Å²) in [6, 6.07) is 7.74. The van der Waals surface area contributed by atoms with E-state index in [2.05, 4.69) is 36.7 Å². The maximum atomic E-state index is 13.0. The summed E-state index contributed by atoms with van der Waals surface area (Å²) in [4.78, 5) is 13.0. The van der Waals surface area contributed by atoms with E-state index in [1.165, 1.54) is 0 Å². The fourth-order valence-electron chi connectivity index (χ4n) is 2.58. The average molecular weight is 358 g/mol. The summed E-state index contributed by atoms with van der Waals surface area (Å²) >= 11 is 3.42. The molecule has 1 heterocycles. The number of hydrogen-bond donors (Lipinski definition) is 0. The normalized spacial score (nSPS) is 18.8. The van der Waals surface area contributed by atoms with Gasteiger partial charge in [-0.3, -0.25) is 4.79 Å². The highest BCUT2D eigenvalue weighted by Gasteiger charge is 2.46. The van der Waals surface area contributed by atoms with Gasteiger partial charge in [-0.2, -0.15) is 0 Å². The van der Waals surface area contributed by atoms with E-state index in [1.54, 1.807) is 0 Å². The Morgan fingerprint density at radius 3 is 2.25 bits per heavy atom. The number of hydrogen-bond acceptors (Lipinski definition) is 2. The number of halogens is 1. The van der Waals surface area contributed by atoms with Crippen LogP contribution in [0.2, 0.25) is 0 Å². The Kier molecular flexibility index (Phi) is 5.32. The van der Waals surface area contributed by atoms with Crippen LogP contribution in [0.1, 0.15) is 31.1 Å². The van der Waals surface area contributed by atoms with Crippen LogP contribution in [-0.2, 0) is 15.6 Å². The van der Waals surface area contributed by atoms with E-state index in [0.717, 1.165) is 34.8 Å². The Hall–Kier alpha value is -0.320. The van der Waals surface area contributed by atoms with Gasteiger partial charge in [-0.1, -0.05) is 48.8 Å². The maximum absolute atomic E-state index is 13.0. The first kappa shape index (κ1) is 16.1. The van der Waals surface area contributed by atoms with Gasteiger partial charge in [0.1, 0.15) is 11.5 Å². The van der Waals surface area contributed by atoms with Crippen LogP contribution in [-0.4, -0.2) is 35.8 Å². The Balaban J connectivity index is 2.26. The minimum atomic E-state index is -0.00932. The number of ether oxygens (including phenoxy) is 1. The molecular weight excluding hydrogens is 336 g/mol. The van der Waals surface area contributed by atoms with Crippen molar-refractivity contribution in [3.05, 3.63) is 34.3 Å². The molecule has 0 saturated carbocycles. The Labute approximate surface area is 132 Å². The topological polar surface area (TPSA) is 26.3 Å². The van der Waals surface area contributed by atoms with Gasteiger partial charge < -0.3 is 4.74 Å². The summed E-state index contributed by atoms with van der Waals surface area (Å²) in [5, 5.41) is 0.0903. The molecular formula is C16H22BrO2S+. The smallest absolute Gasteiger partial charge is 0.215 e. The zero-order valence-electron chi connectivity index (χ0n) is 12.3. The SMILES string of the molecule is CC(C)(C)C(C(=O)c1ccc(Br)cc1)[S+]1CCOCC1. The molecule has 20 heavy (non-hydrogen) atoms. The molecule has 1 unspecified atom stereocenters. The molecule has 0 aromatic heterocycles. The fourth-order valence-corrected chi connectivity index (χ4v) is 5.62. The van der Waals surface area contributed by atoms with E-state index in [-0.39, 0.29) is 27.3 Å². The first-order valence-corrected chi connectivity index (χ1v) is 9.35. The zero-order chi connectivity index (χ0) is 14.8. The van der Waals surface area contributed by atoms with Crippen molar-refractivity contribution in [1.82, 2.24) is 0 Å². The monoisotopic (exact) mass is 357 g/mol. The lowest BCUT2D eigenvalue weighted by Gasteiger charge is -2.31. The van der Waals surface area contributed by atoms with Crippen LogP contribution >= 0.6 is 15.9 Å². The van der Waals surface area contributed by atoms with Crippen molar-refractivity contribution in [2.75, 3.05) is 24.7 Å². The van der Waals surface area contributed by atoms with E-state index < -0.39 is 0 Å². The quantitative estimate of drug-likeness (QED) is 0.608. The van der Waals surface area contributed by atoms with Crippen LogP contribution in [0, 0.1) is 5.41 Å². The van der Waals surface area contributed by atoms with E-state index >= 15 is 0 Å². The van der Waals surface area contributed by atoms with Gasteiger partial charge in [0.05, 0.1) is 13.2 Å². The van der Waals surface area contributed by atoms with Crippen molar-refractivity contribution in [3.8, 4) is 0 Å². The van der Waals surface area contributed by atoms with Gasteiger partial charge in [-0.25, -0.2) is 0 Å². The highest BCUT2D eigenvalue weighted by Crippen LogP contribution is 2.32. The molecule has 1 fully saturated rings. The summed E-state index contributed by atoms with van der Waals surface area (Å²) in [6.07, 6.45) is 0. The summed E-state index contributed by atoms with van der Waals surface area (Å²) in [5.74, 6) is 2.32. The molecule has 1 aromatic rings. The van der Waals surface area contributed by atoms with Crippen LogP contribution in [0.3, 0.4) is 0 Å². The highest BCUT2D eigenvalue weighted by molar-refractivity contribution is 9.10. The molecule has 4 heteroatoms. The number of ketones is 1. The van der Waals surface area contributed by atoms with E-state index in [4.69, 9.17) is 4.74 Å². The van der Waals surface area contributed by atoms with Crippen molar-refractivity contribution >= 4 is 32.6 Å². The van der Waals surface area contributed by atoms with Crippen LogP contribution < -0.4 is 0 Å². The first-order valence-electron chi connectivity index (χ1n) is 6.93. The molecule has 2 nitrogen and oxygen atoms in total. The molecule has 110 valence electrons. The second-order valence-corrected chi connectivity index (χ2v) is 9.45. The van der Waals surface area contributed by atoms with Crippen LogP contribution in [0.5, 0.6) is 0 Å². The van der Waals surface area contributed by atoms with Crippen LogP contribution in [0.15, 0.2) is 28.7 Å². The lowest BCUT2D eigenvalue weighted by Crippen LogP contribution is -2.47. The van der Waals surface area contributed by atoms with Crippen molar-refractivity contribution in [3.63, 3.8) is 0 Å². The first-order chi connectivity index (χ1) is 9.39. The van der Waals surface area contributed by atoms with Crippen molar-refractivity contribution < 1.29 is 9.53 Å². The van der Waals surface area contributed by atoms with Gasteiger partial charge in [0, 0.05) is 26.3 Å². The molecule has 1 aliphatic heterocycles. The standard InChI is InChI=1S/C16H22BrO2S/c1-16(2,3)15(20-10-8-19-9-11-20)14(18)12-4-6-13(17)7-5-12/h4-7,15H,8-11H2,1-3H3/q+1. The average Bonchev–Trinajstić information content (AvgIpc) is 2.39. The lowest BCUT2D eigenvalue weighted by atomic mass is 9.87. The maximum Gasteiger partial charge on any atom is 0.215 e. The molecule has 1 aromatic carbocycles. The Morgan fingerprint density at radius 1 is 1.20 bits per heavy atom. The molecule has 0 aliphatic carbocycles. The van der Waals surface area contributed by atoms with E-state index in [0.29, 0.717) is 0 Å². The van der Waals surface area contributed by atoms with Crippen molar-refractivity contribution in [2.24, 2.45) is 5.41 Å². The molecule has 1 aliphatic rings. The predicted molar refractivity (Wildman–Crippen MR) is 89.6 cm³/mol. The van der Waals surface area contributed by atoms with Gasteiger partial charge in [-0.05, 0) is 12.1 Å². The molecule has 0 bridgehead atoms. The van der Waals surface area contributed by atoms with Gasteiger partial charge in [0.25, 0.3) is 0 Å². The number of rotatable bonds is 3. The summed E-state index contributed by atoms with van der Waals surface area (Å²) in [7, 11) is 0.126.